The lowest BCUT2D eigenvalue weighted by molar-refractivity contribution is 0.265. The Morgan fingerprint density at radius 1 is 0.648 bits per heavy atom. The molecule has 6 heterocycles. The van der Waals surface area contributed by atoms with Crippen LogP contribution >= 0.6 is 0 Å². The third-order valence-corrected chi connectivity index (χ3v) is 11.1. The van der Waals surface area contributed by atoms with Crippen LogP contribution in [0.4, 0.5) is 0 Å². The topological polar surface area (TPSA) is 159 Å². The molecular weight excluding hydrogens is 677 g/mol. The molecule has 2 aliphatic rings. The predicted octanol–water partition coefficient (Wildman–Crippen LogP) is 6.71. The van der Waals surface area contributed by atoms with Crippen LogP contribution in [0.5, 0.6) is 0 Å². The van der Waals surface area contributed by atoms with E-state index in [4.69, 9.17) is 9.97 Å². The van der Waals surface area contributed by atoms with Crippen molar-refractivity contribution in [2.75, 3.05) is 13.2 Å². The maximum atomic E-state index is 9.67. The first-order valence-corrected chi connectivity index (χ1v) is 18.5. The third kappa shape index (κ3) is 5.69. The van der Waals surface area contributed by atoms with Crippen molar-refractivity contribution in [3.8, 4) is 45.0 Å². The van der Waals surface area contributed by atoms with Crippen molar-refractivity contribution in [1.29, 1.82) is 0 Å². The average molecular weight is 719 g/mol. The number of nitrogens with zero attached hydrogens (tertiary/aromatic N) is 8. The van der Waals surface area contributed by atoms with E-state index in [9.17, 15) is 10.2 Å². The molecule has 54 heavy (non-hydrogen) atoms. The molecule has 8 aromatic rings. The summed E-state index contributed by atoms with van der Waals surface area (Å²) in [5, 5.41) is 43.0. The minimum Gasteiger partial charge on any atom is -0.396 e. The first-order chi connectivity index (χ1) is 26.3. The maximum Gasteiger partial charge on any atom is 0.122 e. The van der Waals surface area contributed by atoms with Gasteiger partial charge in [0, 0.05) is 73.8 Å². The number of benzene rings is 2. The van der Waals surface area contributed by atoms with Crippen molar-refractivity contribution >= 4 is 22.1 Å². The predicted molar refractivity (Wildman–Crippen MR) is 209 cm³/mol. The van der Waals surface area contributed by atoms with Gasteiger partial charge < -0.3 is 10.2 Å². The highest BCUT2D eigenvalue weighted by atomic mass is 16.3. The summed E-state index contributed by atoms with van der Waals surface area (Å²) in [7, 11) is 3.79. The Hall–Kier alpha value is -5.98. The molecule has 2 aromatic carbocycles. The van der Waals surface area contributed by atoms with Gasteiger partial charge in [-0.2, -0.15) is 20.4 Å². The van der Waals surface area contributed by atoms with Gasteiger partial charge in [-0.25, -0.2) is 9.97 Å². The quantitative estimate of drug-likeness (QED) is 0.148. The standard InChI is InChI=1S/2C21H21N5O/c2*1-12-8-18-21(20(25-24-18)14-9-22-26(2)10-14)23-19(12)17-5-3-4-15-13(11-27)6-7-16(15)17/h2*3-5,8-10,13,27H,6-7,11H2,1-2H3,(H,24,25). The van der Waals surface area contributed by atoms with Gasteiger partial charge in [-0.1, -0.05) is 36.4 Å². The van der Waals surface area contributed by atoms with Crippen LogP contribution in [0.25, 0.3) is 67.1 Å². The monoisotopic (exact) mass is 718 g/mol. The van der Waals surface area contributed by atoms with E-state index in [1.165, 1.54) is 33.4 Å². The molecule has 12 heteroatoms. The summed E-state index contributed by atoms with van der Waals surface area (Å²) in [5.74, 6) is 0.479. The summed E-state index contributed by atoms with van der Waals surface area (Å²) in [5.41, 5.74) is 18.8. The number of aromatic nitrogens is 10. The van der Waals surface area contributed by atoms with Crippen molar-refractivity contribution in [3.05, 3.63) is 107 Å². The number of hydrogen-bond donors (Lipinski definition) is 4. The van der Waals surface area contributed by atoms with E-state index in [1.54, 1.807) is 9.36 Å². The number of nitrogens with one attached hydrogen (secondary N) is 2. The Kier molecular flexibility index (Phi) is 8.43. The lowest BCUT2D eigenvalue weighted by atomic mass is 9.95. The molecule has 6 aromatic heterocycles. The van der Waals surface area contributed by atoms with Crippen LogP contribution < -0.4 is 0 Å². The van der Waals surface area contributed by atoms with Gasteiger partial charge in [0.25, 0.3) is 0 Å². The first kappa shape index (κ1) is 33.8. The van der Waals surface area contributed by atoms with E-state index < -0.39 is 0 Å². The third-order valence-electron chi connectivity index (χ3n) is 11.1. The number of rotatable bonds is 6. The molecule has 0 amide bonds. The van der Waals surface area contributed by atoms with E-state index in [1.807, 2.05) is 38.9 Å². The molecule has 2 unspecified atom stereocenters. The van der Waals surface area contributed by atoms with Gasteiger partial charge in [0.2, 0.25) is 0 Å². The van der Waals surface area contributed by atoms with E-state index in [2.05, 4.69) is 93.0 Å². The van der Waals surface area contributed by atoms with Crippen molar-refractivity contribution in [2.24, 2.45) is 14.1 Å². The molecule has 2 aliphatic carbocycles. The Labute approximate surface area is 311 Å². The summed E-state index contributed by atoms with van der Waals surface area (Å²) < 4.78 is 3.54. The Bertz CT molecular complexity index is 2500. The van der Waals surface area contributed by atoms with Crippen molar-refractivity contribution in [3.63, 3.8) is 0 Å². The minimum absolute atomic E-state index is 0.203. The van der Waals surface area contributed by atoms with Gasteiger partial charge >= 0.3 is 0 Å². The zero-order valence-electron chi connectivity index (χ0n) is 30.8. The van der Waals surface area contributed by atoms with Gasteiger partial charge in [0.15, 0.2) is 0 Å². The lowest BCUT2D eigenvalue weighted by Gasteiger charge is -2.12. The highest BCUT2D eigenvalue weighted by molar-refractivity contribution is 5.93. The molecule has 12 nitrogen and oxygen atoms in total. The molecule has 0 spiro atoms. The molecule has 272 valence electrons. The highest BCUT2D eigenvalue weighted by Gasteiger charge is 2.27. The minimum atomic E-state index is 0.203. The van der Waals surface area contributed by atoms with Crippen molar-refractivity contribution in [2.45, 2.75) is 51.4 Å². The second-order valence-corrected chi connectivity index (χ2v) is 14.6. The normalized spacial score (nSPS) is 16.2. The summed E-state index contributed by atoms with van der Waals surface area (Å²) in [6.45, 7) is 4.58. The average Bonchev–Trinajstić information content (AvgIpc) is 4.04. The zero-order valence-corrected chi connectivity index (χ0v) is 30.8. The van der Waals surface area contributed by atoms with E-state index >= 15 is 0 Å². The molecule has 0 fully saturated rings. The molecular formula is C42H42N10O2. The fourth-order valence-corrected chi connectivity index (χ4v) is 8.43. The Morgan fingerprint density at radius 3 is 1.48 bits per heavy atom. The van der Waals surface area contributed by atoms with Crippen LogP contribution in [0, 0.1) is 13.8 Å². The number of hydrogen-bond acceptors (Lipinski definition) is 8. The van der Waals surface area contributed by atoms with Gasteiger partial charge in [0.1, 0.15) is 22.4 Å². The number of fused-ring (bicyclic) bond motifs is 4. The molecule has 0 radical (unpaired) electrons. The Morgan fingerprint density at radius 2 is 1.09 bits per heavy atom. The maximum absolute atomic E-state index is 9.67. The summed E-state index contributed by atoms with van der Waals surface area (Å²) in [4.78, 5) is 10.1. The van der Waals surface area contributed by atoms with Gasteiger partial charge in [-0.3, -0.25) is 19.6 Å². The molecule has 0 bridgehead atoms. The lowest BCUT2D eigenvalue weighted by Crippen LogP contribution is -1.99. The van der Waals surface area contributed by atoms with Crippen LogP contribution in [0.3, 0.4) is 0 Å². The van der Waals surface area contributed by atoms with E-state index in [0.29, 0.717) is 0 Å². The first-order valence-electron chi connectivity index (χ1n) is 18.5. The number of aryl methyl sites for hydroxylation is 4. The largest absolute Gasteiger partial charge is 0.396 e. The summed E-state index contributed by atoms with van der Waals surface area (Å²) in [6.07, 6.45) is 11.5. The Balaban J connectivity index is 0.000000142. The van der Waals surface area contributed by atoms with Gasteiger partial charge in [-0.15, -0.1) is 0 Å². The zero-order chi connectivity index (χ0) is 37.1. The summed E-state index contributed by atoms with van der Waals surface area (Å²) in [6, 6.07) is 16.9. The van der Waals surface area contributed by atoms with E-state index in [0.717, 1.165) is 92.8 Å². The number of pyridine rings is 2. The van der Waals surface area contributed by atoms with E-state index in [-0.39, 0.29) is 25.0 Å². The highest BCUT2D eigenvalue weighted by Crippen LogP contribution is 2.41. The molecule has 0 aliphatic heterocycles. The molecule has 0 saturated heterocycles. The summed E-state index contributed by atoms with van der Waals surface area (Å²) >= 11 is 0. The van der Waals surface area contributed by atoms with Crippen molar-refractivity contribution in [1.82, 2.24) is 49.9 Å². The van der Waals surface area contributed by atoms with Gasteiger partial charge in [0.05, 0.1) is 34.8 Å². The van der Waals surface area contributed by atoms with Gasteiger partial charge in [-0.05, 0) is 85.0 Å². The van der Waals surface area contributed by atoms with Crippen LogP contribution in [-0.4, -0.2) is 73.4 Å². The smallest absolute Gasteiger partial charge is 0.122 e. The van der Waals surface area contributed by atoms with Crippen LogP contribution in [0.1, 0.15) is 58.1 Å². The number of aliphatic hydroxyl groups excluding tert-OH is 2. The van der Waals surface area contributed by atoms with Crippen molar-refractivity contribution < 1.29 is 10.2 Å². The van der Waals surface area contributed by atoms with Crippen LogP contribution in [-0.2, 0) is 26.9 Å². The van der Waals surface area contributed by atoms with Crippen LogP contribution in [0.2, 0.25) is 0 Å². The number of aromatic amines is 2. The molecule has 10 rings (SSSR count). The molecule has 0 saturated carbocycles. The number of aliphatic hydroxyl groups is 2. The number of H-pyrrole nitrogens is 2. The molecule has 2 atom stereocenters. The fraction of sp³-hybridized carbons (Fsp3) is 0.286. The second kappa shape index (κ2) is 13.5. The second-order valence-electron chi connectivity index (χ2n) is 14.6. The fourth-order valence-electron chi connectivity index (χ4n) is 8.43. The molecule has 4 N–H and O–H groups in total. The van der Waals surface area contributed by atoms with Crippen LogP contribution in [0.15, 0.2) is 73.3 Å². The SMILES string of the molecule is Cc1cc2[nH]nc(-c3cnn(C)c3)c2nc1-c1cccc2c1CCC2CO.Cc1cc2[nH]nc(-c3cnn(C)c3)c2nc1-c1cccc2c1CCC2CO.